The molecular formula is C26H30N2O3. The quantitative estimate of drug-likeness (QED) is 0.456. The molecule has 1 aromatic heterocycles. The van der Waals surface area contributed by atoms with Crippen molar-refractivity contribution in [3.05, 3.63) is 83.2 Å². The molecule has 5 heteroatoms. The van der Waals surface area contributed by atoms with Crippen molar-refractivity contribution in [2.75, 3.05) is 11.9 Å². The molecule has 3 rings (SSSR count). The first-order valence-electron chi connectivity index (χ1n) is 10.7. The van der Waals surface area contributed by atoms with Gasteiger partial charge in [-0.1, -0.05) is 19.1 Å². The Morgan fingerprint density at radius 1 is 1.03 bits per heavy atom. The minimum atomic E-state index is -0.181. The Kier molecular flexibility index (Phi) is 7.79. The summed E-state index contributed by atoms with van der Waals surface area (Å²) < 4.78 is 11.6. The first-order valence-corrected chi connectivity index (χ1v) is 10.7. The highest BCUT2D eigenvalue weighted by Gasteiger charge is 2.13. The summed E-state index contributed by atoms with van der Waals surface area (Å²) in [6.45, 7) is 8.76. The summed E-state index contributed by atoms with van der Waals surface area (Å²) in [7, 11) is 0. The molecule has 3 aromatic rings. The van der Waals surface area contributed by atoms with Crippen LogP contribution in [0.2, 0.25) is 0 Å². The lowest BCUT2D eigenvalue weighted by Gasteiger charge is -2.13. The van der Waals surface area contributed by atoms with Crippen LogP contribution >= 0.6 is 0 Å². The molecule has 0 aliphatic heterocycles. The molecule has 31 heavy (non-hydrogen) atoms. The summed E-state index contributed by atoms with van der Waals surface area (Å²) in [5, 5.41) is 2.93. The number of carbonyl (C=O) groups is 1. The van der Waals surface area contributed by atoms with Crippen molar-refractivity contribution in [2.24, 2.45) is 0 Å². The predicted octanol–water partition coefficient (Wildman–Crippen LogP) is 6.10. The molecule has 1 amide bonds. The van der Waals surface area contributed by atoms with Crippen LogP contribution in [0.3, 0.4) is 0 Å². The van der Waals surface area contributed by atoms with Crippen molar-refractivity contribution in [2.45, 2.75) is 46.6 Å². The van der Waals surface area contributed by atoms with Crippen molar-refractivity contribution in [1.29, 1.82) is 0 Å². The Labute approximate surface area is 184 Å². The molecule has 0 saturated heterocycles. The largest absolute Gasteiger partial charge is 0.457 e. The molecule has 0 bridgehead atoms. The van der Waals surface area contributed by atoms with Gasteiger partial charge in [0.25, 0.3) is 5.91 Å². The number of carbonyl (C=O) groups excluding carboxylic acids is 1. The van der Waals surface area contributed by atoms with Crippen LogP contribution < -0.4 is 10.1 Å². The van der Waals surface area contributed by atoms with Gasteiger partial charge in [0.2, 0.25) is 0 Å². The van der Waals surface area contributed by atoms with Crippen LogP contribution in [0.5, 0.6) is 11.5 Å². The van der Waals surface area contributed by atoms with Crippen LogP contribution in [-0.4, -0.2) is 23.6 Å². The zero-order valence-corrected chi connectivity index (χ0v) is 18.6. The van der Waals surface area contributed by atoms with E-state index >= 15 is 0 Å². The van der Waals surface area contributed by atoms with E-state index < -0.39 is 0 Å². The van der Waals surface area contributed by atoms with E-state index in [4.69, 9.17) is 9.47 Å². The van der Waals surface area contributed by atoms with Gasteiger partial charge in [-0.3, -0.25) is 9.78 Å². The molecule has 0 radical (unpaired) electrons. The van der Waals surface area contributed by atoms with Crippen LogP contribution in [0.4, 0.5) is 5.69 Å². The number of hydrogen-bond acceptors (Lipinski definition) is 4. The summed E-state index contributed by atoms with van der Waals surface area (Å²) in [6.07, 6.45) is 1.83. The average Bonchev–Trinajstić information content (AvgIpc) is 2.73. The Morgan fingerprint density at radius 3 is 2.48 bits per heavy atom. The lowest BCUT2D eigenvalue weighted by molar-refractivity contribution is 0.0663. The van der Waals surface area contributed by atoms with E-state index in [-0.39, 0.29) is 12.0 Å². The number of nitrogens with one attached hydrogen (secondary N) is 1. The molecule has 1 atom stereocenters. The third kappa shape index (κ3) is 6.66. The molecule has 2 aromatic carbocycles. The molecule has 162 valence electrons. The zero-order chi connectivity index (χ0) is 22.2. The van der Waals surface area contributed by atoms with Crippen molar-refractivity contribution >= 4 is 11.6 Å². The second kappa shape index (κ2) is 10.7. The highest BCUT2D eigenvalue weighted by Crippen LogP contribution is 2.24. The molecule has 0 aliphatic rings. The molecule has 0 fully saturated rings. The molecule has 1 N–H and O–H groups in total. The van der Waals surface area contributed by atoms with Crippen LogP contribution in [0.25, 0.3) is 0 Å². The van der Waals surface area contributed by atoms with Crippen LogP contribution in [0, 0.1) is 13.8 Å². The fourth-order valence-electron chi connectivity index (χ4n) is 3.26. The van der Waals surface area contributed by atoms with E-state index in [1.54, 1.807) is 0 Å². The lowest BCUT2D eigenvalue weighted by Crippen LogP contribution is -2.16. The van der Waals surface area contributed by atoms with E-state index in [0.29, 0.717) is 22.7 Å². The summed E-state index contributed by atoms with van der Waals surface area (Å²) in [4.78, 5) is 17.3. The molecule has 1 heterocycles. The number of benzene rings is 2. The van der Waals surface area contributed by atoms with E-state index in [2.05, 4.69) is 17.2 Å². The second-order valence-corrected chi connectivity index (χ2v) is 7.72. The highest BCUT2D eigenvalue weighted by atomic mass is 16.5. The normalized spacial score (nSPS) is 11.7. The smallest absolute Gasteiger partial charge is 0.257 e. The SMILES string of the molecule is CCCOC(C)Cc1ccc(C(=O)Nc2ccc(Oc3cccc(C)c3)cc2)c(C)n1. The predicted molar refractivity (Wildman–Crippen MR) is 124 cm³/mol. The van der Waals surface area contributed by atoms with Crippen molar-refractivity contribution in [1.82, 2.24) is 4.98 Å². The molecule has 0 saturated carbocycles. The van der Waals surface area contributed by atoms with Gasteiger partial charge in [0.05, 0.1) is 17.4 Å². The summed E-state index contributed by atoms with van der Waals surface area (Å²) in [5.41, 5.74) is 4.03. The first-order chi connectivity index (χ1) is 14.9. The van der Waals surface area contributed by atoms with E-state index in [0.717, 1.165) is 36.5 Å². The van der Waals surface area contributed by atoms with E-state index in [1.807, 2.05) is 81.4 Å². The Bertz CT molecular complexity index is 1020. The van der Waals surface area contributed by atoms with Crippen LogP contribution in [-0.2, 0) is 11.2 Å². The van der Waals surface area contributed by atoms with Crippen LogP contribution in [0.15, 0.2) is 60.7 Å². The van der Waals surface area contributed by atoms with Gasteiger partial charge in [0.1, 0.15) is 11.5 Å². The van der Waals surface area contributed by atoms with Gasteiger partial charge < -0.3 is 14.8 Å². The Morgan fingerprint density at radius 2 is 1.81 bits per heavy atom. The van der Waals surface area contributed by atoms with Crippen molar-refractivity contribution in [3.63, 3.8) is 0 Å². The summed E-state index contributed by atoms with van der Waals surface area (Å²) in [6, 6.07) is 18.9. The summed E-state index contributed by atoms with van der Waals surface area (Å²) >= 11 is 0. The summed E-state index contributed by atoms with van der Waals surface area (Å²) in [5.74, 6) is 1.32. The van der Waals surface area contributed by atoms with E-state index in [1.165, 1.54) is 0 Å². The third-order valence-electron chi connectivity index (χ3n) is 4.83. The van der Waals surface area contributed by atoms with E-state index in [9.17, 15) is 4.79 Å². The number of aryl methyl sites for hydroxylation is 2. The second-order valence-electron chi connectivity index (χ2n) is 7.72. The number of hydrogen-bond donors (Lipinski definition) is 1. The van der Waals surface area contributed by atoms with Gasteiger partial charge in [-0.25, -0.2) is 0 Å². The Balaban J connectivity index is 1.60. The third-order valence-corrected chi connectivity index (χ3v) is 4.83. The molecule has 0 aliphatic carbocycles. The molecule has 0 spiro atoms. The zero-order valence-electron chi connectivity index (χ0n) is 18.6. The van der Waals surface area contributed by atoms with Gasteiger partial charge >= 0.3 is 0 Å². The minimum absolute atomic E-state index is 0.104. The van der Waals surface area contributed by atoms with Gasteiger partial charge in [-0.15, -0.1) is 0 Å². The molecule has 1 unspecified atom stereocenters. The fourth-order valence-corrected chi connectivity index (χ4v) is 3.26. The van der Waals surface area contributed by atoms with Crippen LogP contribution in [0.1, 0.15) is 47.6 Å². The van der Waals surface area contributed by atoms with Crippen molar-refractivity contribution in [3.8, 4) is 11.5 Å². The van der Waals surface area contributed by atoms with Gasteiger partial charge in [-0.2, -0.15) is 0 Å². The lowest BCUT2D eigenvalue weighted by atomic mass is 10.1. The fraction of sp³-hybridized carbons (Fsp3) is 0.308. The number of aromatic nitrogens is 1. The number of amides is 1. The highest BCUT2D eigenvalue weighted by molar-refractivity contribution is 6.05. The first kappa shape index (κ1) is 22.5. The van der Waals surface area contributed by atoms with Crippen molar-refractivity contribution < 1.29 is 14.3 Å². The average molecular weight is 419 g/mol. The standard InChI is InChI=1S/C26H30N2O3/c1-5-15-30-19(3)17-22-11-14-25(20(4)27-22)26(29)28-21-9-12-23(13-10-21)31-24-8-6-7-18(2)16-24/h6-14,16,19H,5,15,17H2,1-4H3,(H,28,29). The number of pyridine rings is 1. The maximum atomic E-state index is 12.7. The minimum Gasteiger partial charge on any atom is -0.457 e. The molecule has 5 nitrogen and oxygen atoms in total. The number of ether oxygens (including phenoxy) is 2. The maximum Gasteiger partial charge on any atom is 0.257 e. The Hall–Kier alpha value is -3.18. The van der Waals surface area contributed by atoms with Gasteiger partial charge in [-0.05, 0) is 81.3 Å². The maximum absolute atomic E-state index is 12.7. The number of rotatable bonds is 9. The molecular weight excluding hydrogens is 388 g/mol. The topological polar surface area (TPSA) is 60.5 Å². The number of nitrogens with zero attached hydrogens (tertiary/aromatic N) is 1. The monoisotopic (exact) mass is 418 g/mol. The number of anilines is 1. The van der Waals surface area contributed by atoms with Gasteiger partial charge in [0.15, 0.2) is 0 Å². The van der Waals surface area contributed by atoms with Gasteiger partial charge in [0, 0.05) is 24.4 Å².